The Kier molecular flexibility index (Phi) is 23.3. The maximum atomic E-state index is 13.6. The summed E-state index contributed by atoms with van der Waals surface area (Å²) in [6, 6.07) is -2.45. The van der Waals surface area contributed by atoms with E-state index in [0.29, 0.717) is 48.3 Å². The fourth-order valence-corrected chi connectivity index (χ4v) is 8.05. The van der Waals surface area contributed by atoms with Crippen LogP contribution >= 0.6 is 0 Å². The van der Waals surface area contributed by atoms with Crippen molar-refractivity contribution in [2.45, 2.75) is 129 Å². The number of aliphatic imine (C=N–C) groups is 1. The molecule has 8 N–H and O–H groups in total. The molecule has 366 valence electrons. The third-order valence-corrected chi connectivity index (χ3v) is 11.3. The van der Waals surface area contributed by atoms with Gasteiger partial charge in [0.15, 0.2) is 0 Å². The third kappa shape index (κ3) is 21.0. The van der Waals surface area contributed by atoms with Crippen molar-refractivity contribution in [3.8, 4) is 5.75 Å². The highest BCUT2D eigenvalue weighted by atomic mass is 32.2. The van der Waals surface area contributed by atoms with Gasteiger partial charge in [-0.2, -0.15) is 0 Å². The smallest absolute Gasteiger partial charge is 0.407 e. The van der Waals surface area contributed by atoms with Crippen molar-refractivity contribution in [1.29, 1.82) is 0 Å². The lowest BCUT2D eigenvalue weighted by atomic mass is 9.94. The lowest BCUT2D eigenvalue weighted by Gasteiger charge is -2.20. The Morgan fingerprint density at radius 3 is 2.11 bits per heavy atom. The summed E-state index contributed by atoms with van der Waals surface area (Å²) in [4.78, 5) is 69.6. The van der Waals surface area contributed by atoms with Crippen molar-refractivity contribution < 1.29 is 61.2 Å². The van der Waals surface area contributed by atoms with Crippen LogP contribution in [0.5, 0.6) is 5.75 Å². The molecule has 1 aliphatic heterocycles. The van der Waals surface area contributed by atoms with Crippen LogP contribution in [0.3, 0.4) is 0 Å². The molecular weight excluding hydrogens is 873 g/mol. The van der Waals surface area contributed by atoms with Crippen LogP contribution in [0, 0.1) is 20.8 Å². The molecule has 0 saturated heterocycles. The van der Waals surface area contributed by atoms with E-state index in [1.54, 1.807) is 41.5 Å². The molecule has 1 aromatic rings. The van der Waals surface area contributed by atoms with E-state index in [1.165, 1.54) is 0 Å². The molecule has 1 aliphatic rings. The van der Waals surface area contributed by atoms with Crippen molar-refractivity contribution in [3.05, 3.63) is 32.7 Å². The standard InChI is InChI=1S/C41H68N10O13S/c1-26-27(2)35(28(3)29-24-41(7,8)63-34(26)29)65(58,59)50-38(42)44-16-11-13-30(48-32(52)14-18-60-20-22-62-23-21-61-19-17-47-51-43)36(54)46-25-33(53)49-31(37(55)56)12-9-10-15-45-39(57)64-40(4,5)6/h30-31H,9-25H2,1-8H3,(H,45,57)(H,46,54)(H,48,52)(H,49,53)(H,55,56)(H3,42,44,50). The number of sulfonamides is 1. The second kappa shape index (κ2) is 27.1. The van der Waals surface area contributed by atoms with E-state index >= 15 is 0 Å². The Morgan fingerprint density at radius 2 is 1.48 bits per heavy atom. The number of carbonyl (C=O) groups is 5. The number of ether oxygens (including phenoxy) is 5. The highest BCUT2D eigenvalue weighted by Gasteiger charge is 2.37. The molecule has 0 bridgehead atoms. The van der Waals surface area contributed by atoms with Gasteiger partial charge in [-0.05, 0) is 110 Å². The summed E-state index contributed by atoms with van der Waals surface area (Å²) in [6.45, 7) is 15.3. The lowest BCUT2D eigenvalue weighted by molar-refractivity contribution is -0.142. The topological polar surface area (TPSA) is 333 Å². The fraction of sp³-hybridized carbons (Fsp3) is 0.707. The Bertz CT molecular complexity index is 1980. The first-order valence-electron chi connectivity index (χ1n) is 21.4. The summed E-state index contributed by atoms with van der Waals surface area (Å²) in [6.07, 6.45) is 0.737. The number of rotatable bonds is 29. The van der Waals surface area contributed by atoms with E-state index < -0.39 is 69.6 Å². The molecule has 4 amide bonds. The van der Waals surface area contributed by atoms with Crippen LogP contribution in [0.1, 0.15) is 95.4 Å². The van der Waals surface area contributed by atoms with Gasteiger partial charge >= 0.3 is 12.1 Å². The molecule has 0 fully saturated rings. The monoisotopic (exact) mass is 940 g/mol. The van der Waals surface area contributed by atoms with Gasteiger partial charge in [0.25, 0.3) is 10.0 Å². The number of amides is 4. The largest absolute Gasteiger partial charge is 0.487 e. The molecule has 2 atom stereocenters. The minimum atomic E-state index is -4.17. The SMILES string of the molecule is Cc1c(C)c(S(=O)(=O)NC(N)=NCCCC(NC(=O)CCOCCOCCOCCN=[N+]=[N-])C(=O)NCC(=O)NC(CCCCNC(=O)OC(C)(C)C)C(=O)O)c(C)c2c1OC(C)(C)C2. The Hall–Kier alpha value is -5.42. The van der Waals surface area contributed by atoms with Gasteiger partial charge in [0.1, 0.15) is 29.0 Å². The van der Waals surface area contributed by atoms with Crippen molar-refractivity contribution >= 4 is 45.8 Å². The Labute approximate surface area is 380 Å². The zero-order valence-corrected chi connectivity index (χ0v) is 39.6. The van der Waals surface area contributed by atoms with Gasteiger partial charge in [-0.25, -0.2) is 22.7 Å². The first-order chi connectivity index (χ1) is 30.5. The molecule has 0 spiro atoms. The first kappa shape index (κ1) is 55.7. The predicted molar refractivity (Wildman–Crippen MR) is 239 cm³/mol. The summed E-state index contributed by atoms with van der Waals surface area (Å²) >= 11 is 0. The molecule has 23 nitrogen and oxygen atoms in total. The summed E-state index contributed by atoms with van der Waals surface area (Å²) in [5.41, 5.74) is 15.7. The van der Waals surface area contributed by atoms with E-state index in [2.05, 4.69) is 41.0 Å². The second-order valence-corrected chi connectivity index (χ2v) is 18.4. The lowest BCUT2D eigenvalue weighted by Crippen LogP contribution is -2.51. The summed E-state index contributed by atoms with van der Waals surface area (Å²) in [5, 5.41) is 23.0. The van der Waals surface area contributed by atoms with Crippen LogP contribution < -0.4 is 36.5 Å². The zero-order chi connectivity index (χ0) is 48.8. The molecule has 2 rings (SSSR count). The Morgan fingerprint density at radius 1 is 0.862 bits per heavy atom. The number of carboxylic acid groups (broad SMARTS) is 1. The summed E-state index contributed by atoms with van der Waals surface area (Å²) < 4.78 is 56.9. The van der Waals surface area contributed by atoms with Gasteiger partial charge < -0.3 is 55.8 Å². The number of benzene rings is 1. The second-order valence-electron chi connectivity index (χ2n) is 16.8. The number of nitrogens with zero attached hydrogens (tertiary/aromatic N) is 4. The highest BCUT2D eigenvalue weighted by molar-refractivity contribution is 7.90. The van der Waals surface area contributed by atoms with Gasteiger partial charge in [0.2, 0.25) is 23.7 Å². The quantitative estimate of drug-likeness (QED) is 0.0151. The number of azide groups is 1. The van der Waals surface area contributed by atoms with Gasteiger partial charge in [-0.3, -0.25) is 19.4 Å². The van der Waals surface area contributed by atoms with Crippen LogP contribution in [0.25, 0.3) is 10.4 Å². The number of fused-ring (bicyclic) bond motifs is 1. The summed E-state index contributed by atoms with van der Waals surface area (Å²) in [5.74, 6) is -3.07. The molecule has 1 heterocycles. The number of unbranched alkanes of at least 4 members (excludes halogenated alkanes) is 1. The molecule has 0 radical (unpaired) electrons. The number of nitrogens with two attached hydrogens (primary N) is 1. The normalized spacial score (nSPS) is 14.2. The zero-order valence-electron chi connectivity index (χ0n) is 38.8. The number of carboxylic acids is 1. The van der Waals surface area contributed by atoms with Crippen molar-refractivity contribution in [1.82, 2.24) is 26.0 Å². The third-order valence-electron chi connectivity index (χ3n) is 9.64. The van der Waals surface area contributed by atoms with E-state index in [1.807, 2.05) is 13.8 Å². The van der Waals surface area contributed by atoms with E-state index in [0.717, 1.165) is 5.56 Å². The van der Waals surface area contributed by atoms with Crippen molar-refractivity contribution in [2.24, 2.45) is 15.8 Å². The van der Waals surface area contributed by atoms with E-state index in [-0.39, 0.29) is 89.2 Å². The number of carbonyl (C=O) groups excluding carboxylic acids is 4. The maximum absolute atomic E-state index is 13.6. The fourth-order valence-electron chi connectivity index (χ4n) is 6.53. The number of alkyl carbamates (subject to hydrolysis) is 1. The molecule has 1 aromatic carbocycles. The average molecular weight is 941 g/mol. The number of hydrogen-bond donors (Lipinski definition) is 7. The van der Waals surface area contributed by atoms with Gasteiger partial charge in [-0.1, -0.05) is 5.11 Å². The molecule has 0 aromatic heterocycles. The first-order valence-corrected chi connectivity index (χ1v) is 22.9. The minimum absolute atomic E-state index is 0.00328. The number of nitrogens with one attached hydrogen (secondary N) is 5. The van der Waals surface area contributed by atoms with E-state index in [9.17, 15) is 37.5 Å². The predicted octanol–water partition coefficient (Wildman–Crippen LogP) is 2.31. The van der Waals surface area contributed by atoms with Gasteiger partial charge in [0, 0.05) is 43.0 Å². The average Bonchev–Trinajstić information content (AvgIpc) is 3.54. The number of aliphatic carboxylic acids is 1. The molecule has 65 heavy (non-hydrogen) atoms. The van der Waals surface area contributed by atoms with Crippen LogP contribution in [0.15, 0.2) is 15.0 Å². The number of hydrogen-bond acceptors (Lipinski definition) is 14. The maximum Gasteiger partial charge on any atom is 0.407 e. The molecule has 0 saturated carbocycles. The van der Waals surface area contributed by atoms with Crippen molar-refractivity contribution in [2.75, 3.05) is 65.8 Å². The van der Waals surface area contributed by atoms with Gasteiger partial charge in [0.05, 0.1) is 51.1 Å². The van der Waals surface area contributed by atoms with Crippen LogP contribution in [0.2, 0.25) is 0 Å². The molecular formula is C41H68N10O13S. The molecule has 0 aliphatic carbocycles. The molecule has 2 unspecified atom stereocenters. The van der Waals surface area contributed by atoms with E-state index in [4.69, 9.17) is 34.9 Å². The van der Waals surface area contributed by atoms with Crippen LogP contribution in [-0.4, -0.2) is 138 Å². The highest BCUT2D eigenvalue weighted by Crippen LogP contribution is 2.43. The van der Waals surface area contributed by atoms with Crippen molar-refractivity contribution in [3.63, 3.8) is 0 Å². The van der Waals surface area contributed by atoms with Crippen LogP contribution in [0.4, 0.5) is 4.79 Å². The number of guanidine groups is 1. The van der Waals surface area contributed by atoms with Crippen LogP contribution in [-0.2, 0) is 54.6 Å². The Balaban J connectivity index is 2.00. The molecule has 24 heteroatoms. The minimum Gasteiger partial charge on any atom is -0.487 e. The van der Waals surface area contributed by atoms with Gasteiger partial charge in [-0.15, -0.1) is 0 Å². The summed E-state index contributed by atoms with van der Waals surface area (Å²) in [7, 11) is -4.17.